The van der Waals surface area contributed by atoms with E-state index in [0.29, 0.717) is 0 Å². The first-order valence-electron chi connectivity index (χ1n) is 7.09. The van der Waals surface area contributed by atoms with Gasteiger partial charge in [0.1, 0.15) is 6.61 Å². The van der Waals surface area contributed by atoms with Crippen molar-refractivity contribution in [1.82, 2.24) is 4.90 Å². The van der Waals surface area contributed by atoms with Crippen LogP contribution in [0.4, 0.5) is 0 Å². The van der Waals surface area contributed by atoms with Gasteiger partial charge in [-0.15, -0.1) is 0 Å². The standard InChI is InChI=1S/C17H23NO/c1-14-10-15(2)12-18(11-14)13-17-7-4-3-6-16(17)8-5-9-19/h3-4,6-7,14-15,19H,9-13H2,1-2H3. The van der Waals surface area contributed by atoms with Gasteiger partial charge in [-0.3, -0.25) is 4.90 Å². The summed E-state index contributed by atoms with van der Waals surface area (Å²) in [6.45, 7) is 7.90. The number of benzene rings is 1. The maximum atomic E-state index is 8.83. The lowest BCUT2D eigenvalue weighted by Gasteiger charge is -2.35. The van der Waals surface area contributed by atoms with Crippen molar-refractivity contribution in [2.75, 3.05) is 19.7 Å². The summed E-state index contributed by atoms with van der Waals surface area (Å²) in [6, 6.07) is 8.25. The van der Waals surface area contributed by atoms with Crippen LogP contribution in [0.2, 0.25) is 0 Å². The first kappa shape index (κ1) is 14.1. The number of piperidine rings is 1. The molecular formula is C17H23NO. The summed E-state index contributed by atoms with van der Waals surface area (Å²) in [5, 5.41) is 8.83. The van der Waals surface area contributed by atoms with Gasteiger partial charge in [-0.2, -0.15) is 0 Å². The molecule has 102 valence electrons. The Kier molecular flexibility index (Phi) is 5.01. The first-order chi connectivity index (χ1) is 9.19. The highest BCUT2D eigenvalue weighted by atomic mass is 16.2. The summed E-state index contributed by atoms with van der Waals surface area (Å²) in [5.74, 6) is 7.35. The van der Waals surface area contributed by atoms with Crippen LogP contribution in [0.5, 0.6) is 0 Å². The molecule has 0 amide bonds. The number of hydrogen-bond acceptors (Lipinski definition) is 2. The molecule has 2 unspecified atom stereocenters. The average molecular weight is 257 g/mol. The Bertz CT molecular complexity index is 462. The van der Waals surface area contributed by atoms with E-state index in [9.17, 15) is 0 Å². The van der Waals surface area contributed by atoms with Crippen LogP contribution in [-0.2, 0) is 6.54 Å². The van der Waals surface area contributed by atoms with Crippen molar-refractivity contribution in [3.05, 3.63) is 35.4 Å². The Morgan fingerprint density at radius 1 is 1.21 bits per heavy atom. The zero-order chi connectivity index (χ0) is 13.7. The van der Waals surface area contributed by atoms with Crippen molar-refractivity contribution in [1.29, 1.82) is 0 Å². The summed E-state index contributed by atoms with van der Waals surface area (Å²) in [4.78, 5) is 2.53. The number of nitrogens with zero attached hydrogens (tertiary/aromatic N) is 1. The monoisotopic (exact) mass is 257 g/mol. The largest absolute Gasteiger partial charge is 0.384 e. The molecule has 2 rings (SSSR count). The highest BCUT2D eigenvalue weighted by Crippen LogP contribution is 2.23. The second-order valence-electron chi connectivity index (χ2n) is 5.76. The molecule has 1 aromatic carbocycles. The van der Waals surface area contributed by atoms with Crippen molar-refractivity contribution in [2.45, 2.75) is 26.8 Å². The number of hydrogen-bond donors (Lipinski definition) is 1. The van der Waals surface area contributed by atoms with Crippen molar-refractivity contribution in [3.63, 3.8) is 0 Å². The van der Waals surface area contributed by atoms with Crippen LogP contribution in [0.25, 0.3) is 0 Å². The van der Waals surface area contributed by atoms with Crippen LogP contribution in [0.3, 0.4) is 0 Å². The fourth-order valence-corrected chi connectivity index (χ4v) is 3.08. The third-order valence-corrected chi connectivity index (χ3v) is 3.66. The Labute approximate surface area is 116 Å². The predicted octanol–water partition coefficient (Wildman–Crippen LogP) is 2.51. The number of rotatable bonds is 2. The predicted molar refractivity (Wildman–Crippen MR) is 78.6 cm³/mol. The number of aliphatic hydroxyl groups excluding tert-OH is 1. The minimum Gasteiger partial charge on any atom is -0.384 e. The molecule has 0 aliphatic carbocycles. The van der Waals surface area contributed by atoms with Crippen LogP contribution in [-0.4, -0.2) is 29.7 Å². The quantitative estimate of drug-likeness (QED) is 0.823. The fraction of sp³-hybridized carbons (Fsp3) is 0.529. The van der Waals surface area contributed by atoms with Gasteiger partial charge in [-0.25, -0.2) is 0 Å². The summed E-state index contributed by atoms with van der Waals surface area (Å²) < 4.78 is 0. The number of aliphatic hydroxyl groups is 1. The lowest BCUT2D eigenvalue weighted by atomic mass is 9.91. The maximum absolute atomic E-state index is 8.83. The van der Waals surface area contributed by atoms with E-state index in [1.165, 1.54) is 25.1 Å². The molecule has 2 heteroatoms. The molecule has 1 fully saturated rings. The van der Waals surface area contributed by atoms with E-state index in [-0.39, 0.29) is 6.61 Å². The lowest BCUT2D eigenvalue weighted by Crippen LogP contribution is -2.38. The lowest BCUT2D eigenvalue weighted by molar-refractivity contribution is 0.134. The molecule has 2 atom stereocenters. The van der Waals surface area contributed by atoms with Crippen molar-refractivity contribution in [2.24, 2.45) is 11.8 Å². The zero-order valence-corrected chi connectivity index (χ0v) is 11.9. The third kappa shape index (κ3) is 4.09. The smallest absolute Gasteiger partial charge is 0.104 e. The zero-order valence-electron chi connectivity index (χ0n) is 11.9. The molecule has 1 heterocycles. The Hall–Kier alpha value is -1.30. The van der Waals surface area contributed by atoms with Crippen LogP contribution < -0.4 is 0 Å². The highest BCUT2D eigenvalue weighted by Gasteiger charge is 2.21. The van der Waals surface area contributed by atoms with Gasteiger partial charge >= 0.3 is 0 Å². The summed E-state index contributed by atoms with van der Waals surface area (Å²) >= 11 is 0. The van der Waals surface area contributed by atoms with Crippen molar-refractivity contribution >= 4 is 0 Å². The van der Waals surface area contributed by atoms with Crippen LogP contribution in [0.1, 0.15) is 31.4 Å². The molecular weight excluding hydrogens is 234 g/mol. The average Bonchev–Trinajstić information content (AvgIpc) is 2.36. The Morgan fingerprint density at radius 2 is 1.89 bits per heavy atom. The fourth-order valence-electron chi connectivity index (χ4n) is 3.08. The van der Waals surface area contributed by atoms with Crippen molar-refractivity contribution < 1.29 is 5.11 Å². The Balaban J connectivity index is 2.10. The van der Waals surface area contributed by atoms with Crippen LogP contribution >= 0.6 is 0 Å². The molecule has 1 aromatic rings. The minimum absolute atomic E-state index is 0.0773. The van der Waals surface area contributed by atoms with Gasteiger partial charge in [0.2, 0.25) is 0 Å². The van der Waals surface area contributed by atoms with Gasteiger partial charge in [-0.05, 0) is 29.9 Å². The second-order valence-corrected chi connectivity index (χ2v) is 5.76. The molecule has 1 aliphatic heterocycles. The van der Waals surface area contributed by atoms with Gasteiger partial charge < -0.3 is 5.11 Å². The van der Waals surface area contributed by atoms with Gasteiger partial charge in [0.05, 0.1) is 0 Å². The SMILES string of the molecule is CC1CC(C)CN(Cc2ccccc2C#CCO)C1. The molecule has 19 heavy (non-hydrogen) atoms. The van der Waals surface area contributed by atoms with Gasteiger partial charge in [0, 0.05) is 25.2 Å². The van der Waals surface area contributed by atoms with Gasteiger partial charge in [0.15, 0.2) is 0 Å². The van der Waals surface area contributed by atoms with Crippen molar-refractivity contribution in [3.8, 4) is 11.8 Å². The highest BCUT2D eigenvalue weighted by molar-refractivity contribution is 5.41. The molecule has 0 bridgehead atoms. The molecule has 0 spiro atoms. The summed E-state index contributed by atoms with van der Waals surface area (Å²) in [7, 11) is 0. The van der Waals surface area contributed by atoms with E-state index in [2.05, 4.69) is 42.7 Å². The molecule has 2 nitrogen and oxygen atoms in total. The third-order valence-electron chi connectivity index (χ3n) is 3.66. The van der Waals surface area contributed by atoms with E-state index in [0.717, 1.165) is 23.9 Å². The summed E-state index contributed by atoms with van der Waals surface area (Å²) in [5.41, 5.74) is 2.31. The van der Waals surface area contributed by atoms with E-state index in [1.807, 2.05) is 12.1 Å². The normalized spacial score (nSPS) is 23.7. The first-order valence-corrected chi connectivity index (χ1v) is 7.09. The molecule has 1 N–H and O–H groups in total. The maximum Gasteiger partial charge on any atom is 0.104 e. The number of likely N-dealkylation sites (tertiary alicyclic amines) is 1. The Morgan fingerprint density at radius 3 is 2.58 bits per heavy atom. The van der Waals surface area contributed by atoms with Gasteiger partial charge in [-0.1, -0.05) is 43.9 Å². The van der Waals surface area contributed by atoms with E-state index >= 15 is 0 Å². The summed E-state index contributed by atoms with van der Waals surface area (Å²) in [6.07, 6.45) is 1.34. The topological polar surface area (TPSA) is 23.5 Å². The molecule has 0 saturated carbocycles. The molecule has 1 aliphatic rings. The molecule has 1 saturated heterocycles. The molecule has 0 radical (unpaired) electrons. The van der Waals surface area contributed by atoms with E-state index in [4.69, 9.17) is 5.11 Å². The van der Waals surface area contributed by atoms with E-state index < -0.39 is 0 Å². The van der Waals surface area contributed by atoms with Gasteiger partial charge in [0.25, 0.3) is 0 Å². The molecule has 0 aromatic heterocycles. The second kappa shape index (κ2) is 6.75. The minimum atomic E-state index is -0.0773. The van der Waals surface area contributed by atoms with Crippen LogP contribution in [0, 0.1) is 23.7 Å². The van der Waals surface area contributed by atoms with Crippen LogP contribution in [0.15, 0.2) is 24.3 Å². The van der Waals surface area contributed by atoms with E-state index in [1.54, 1.807) is 0 Å².